The zero-order valence-corrected chi connectivity index (χ0v) is 13.6. The zero-order chi connectivity index (χ0) is 17.0. The van der Waals surface area contributed by atoms with Crippen molar-refractivity contribution in [1.82, 2.24) is 14.7 Å². The van der Waals surface area contributed by atoms with Gasteiger partial charge in [-0.05, 0) is 24.5 Å². The molecular formula is C17H21N3O3. The number of nitrogens with zero attached hydrogens (tertiary/aromatic N) is 3. The Morgan fingerprint density at radius 1 is 1.30 bits per heavy atom. The lowest BCUT2D eigenvalue weighted by Crippen LogP contribution is -2.38. The smallest absolute Gasteiger partial charge is 0.323 e. The molecule has 0 atom stereocenters. The van der Waals surface area contributed by atoms with Gasteiger partial charge in [0.15, 0.2) is 0 Å². The van der Waals surface area contributed by atoms with Gasteiger partial charge in [-0.2, -0.15) is 5.10 Å². The maximum atomic E-state index is 12.6. The summed E-state index contributed by atoms with van der Waals surface area (Å²) in [6, 6.07) is 7.72. The van der Waals surface area contributed by atoms with Crippen LogP contribution in [0.25, 0.3) is 5.69 Å². The molecular weight excluding hydrogens is 294 g/mol. The number of aromatic nitrogens is 2. The highest BCUT2D eigenvalue weighted by molar-refractivity contribution is 5.95. The summed E-state index contributed by atoms with van der Waals surface area (Å²) >= 11 is 0. The summed E-state index contributed by atoms with van der Waals surface area (Å²) in [5.41, 5.74) is 2.31. The highest BCUT2D eigenvalue weighted by atomic mass is 16.4. The van der Waals surface area contributed by atoms with Crippen LogP contribution in [0.4, 0.5) is 0 Å². The number of hydrogen-bond acceptors (Lipinski definition) is 3. The molecule has 0 saturated heterocycles. The van der Waals surface area contributed by atoms with Crippen LogP contribution in [0.15, 0.2) is 36.7 Å². The molecule has 0 aliphatic carbocycles. The molecule has 0 saturated carbocycles. The van der Waals surface area contributed by atoms with Gasteiger partial charge in [-0.3, -0.25) is 9.59 Å². The Kier molecular flexibility index (Phi) is 5.16. The largest absolute Gasteiger partial charge is 0.480 e. The van der Waals surface area contributed by atoms with E-state index in [-0.39, 0.29) is 18.4 Å². The fourth-order valence-electron chi connectivity index (χ4n) is 2.39. The zero-order valence-electron chi connectivity index (χ0n) is 13.6. The van der Waals surface area contributed by atoms with Gasteiger partial charge in [0.05, 0.1) is 17.4 Å². The Bertz CT molecular complexity index is 707. The van der Waals surface area contributed by atoms with Gasteiger partial charge in [-0.25, -0.2) is 4.68 Å². The van der Waals surface area contributed by atoms with E-state index >= 15 is 0 Å². The molecule has 1 heterocycles. The first-order valence-corrected chi connectivity index (χ1v) is 7.50. The highest BCUT2D eigenvalue weighted by Gasteiger charge is 2.21. The second kappa shape index (κ2) is 7.09. The Morgan fingerprint density at radius 2 is 2.00 bits per heavy atom. The van der Waals surface area contributed by atoms with Crippen molar-refractivity contribution >= 4 is 11.9 Å². The topological polar surface area (TPSA) is 75.4 Å². The quantitative estimate of drug-likeness (QED) is 0.888. The van der Waals surface area contributed by atoms with Crippen LogP contribution in [0.1, 0.15) is 29.8 Å². The normalized spacial score (nSPS) is 10.8. The Labute approximate surface area is 135 Å². The van der Waals surface area contributed by atoms with E-state index in [0.29, 0.717) is 12.1 Å². The highest BCUT2D eigenvalue weighted by Crippen LogP contribution is 2.14. The monoisotopic (exact) mass is 315 g/mol. The molecule has 0 spiro atoms. The summed E-state index contributed by atoms with van der Waals surface area (Å²) in [7, 11) is 0. The van der Waals surface area contributed by atoms with Gasteiger partial charge in [0.1, 0.15) is 6.54 Å². The third kappa shape index (κ3) is 4.18. The summed E-state index contributed by atoms with van der Waals surface area (Å²) in [6.07, 6.45) is 3.11. The summed E-state index contributed by atoms with van der Waals surface area (Å²) in [5, 5.41) is 13.2. The van der Waals surface area contributed by atoms with Gasteiger partial charge in [-0.1, -0.05) is 32.0 Å². The number of aryl methyl sites for hydroxylation is 1. The second-order valence-electron chi connectivity index (χ2n) is 5.93. The average Bonchev–Trinajstić information content (AvgIpc) is 2.95. The number of carbonyl (C=O) groups excluding carboxylic acids is 1. The second-order valence-corrected chi connectivity index (χ2v) is 5.93. The van der Waals surface area contributed by atoms with E-state index in [0.717, 1.165) is 11.3 Å². The number of amides is 1. The van der Waals surface area contributed by atoms with E-state index in [1.165, 1.54) is 11.1 Å². The van der Waals surface area contributed by atoms with Crippen molar-refractivity contribution in [2.45, 2.75) is 20.8 Å². The fraction of sp³-hybridized carbons (Fsp3) is 0.353. The van der Waals surface area contributed by atoms with Crippen molar-refractivity contribution in [2.24, 2.45) is 5.92 Å². The van der Waals surface area contributed by atoms with Crippen LogP contribution in [-0.4, -0.2) is 44.8 Å². The van der Waals surface area contributed by atoms with Crippen LogP contribution >= 0.6 is 0 Å². The van der Waals surface area contributed by atoms with E-state index in [2.05, 4.69) is 5.10 Å². The number of hydrogen-bond donors (Lipinski definition) is 1. The standard InChI is InChI=1S/C17H21N3O3/c1-12(2)9-19(11-16(21)22)17(23)14-8-18-20(10-14)15-7-5-4-6-13(15)3/h4-8,10,12H,9,11H2,1-3H3,(H,21,22). The van der Waals surface area contributed by atoms with E-state index < -0.39 is 5.97 Å². The van der Waals surface area contributed by atoms with Crippen LogP contribution in [-0.2, 0) is 4.79 Å². The minimum Gasteiger partial charge on any atom is -0.480 e. The Balaban J connectivity index is 2.25. The molecule has 6 heteroatoms. The lowest BCUT2D eigenvalue weighted by Gasteiger charge is -2.22. The molecule has 2 aromatic rings. The molecule has 0 fully saturated rings. The fourth-order valence-corrected chi connectivity index (χ4v) is 2.39. The summed E-state index contributed by atoms with van der Waals surface area (Å²) in [6.45, 7) is 5.93. The van der Waals surface area contributed by atoms with Crippen molar-refractivity contribution in [3.63, 3.8) is 0 Å². The van der Waals surface area contributed by atoms with Crippen molar-refractivity contribution in [3.8, 4) is 5.69 Å². The molecule has 0 radical (unpaired) electrons. The summed E-state index contributed by atoms with van der Waals surface area (Å²) in [5.74, 6) is -1.16. The molecule has 1 N–H and O–H groups in total. The van der Waals surface area contributed by atoms with Gasteiger partial charge in [-0.15, -0.1) is 0 Å². The number of benzene rings is 1. The molecule has 1 aromatic heterocycles. The SMILES string of the molecule is Cc1ccccc1-n1cc(C(=O)N(CC(=O)O)CC(C)C)cn1. The van der Waals surface area contributed by atoms with Gasteiger partial charge in [0.25, 0.3) is 5.91 Å². The van der Waals surface area contributed by atoms with Crippen LogP contribution in [0.3, 0.4) is 0 Å². The molecule has 0 bridgehead atoms. The predicted molar refractivity (Wildman–Crippen MR) is 86.7 cm³/mol. The van der Waals surface area contributed by atoms with E-state index in [9.17, 15) is 9.59 Å². The number of aliphatic carboxylic acids is 1. The van der Waals surface area contributed by atoms with Gasteiger partial charge in [0.2, 0.25) is 0 Å². The van der Waals surface area contributed by atoms with Crippen molar-refractivity contribution < 1.29 is 14.7 Å². The number of carboxylic acid groups (broad SMARTS) is 1. The van der Waals surface area contributed by atoms with Crippen LogP contribution in [0, 0.1) is 12.8 Å². The lowest BCUT2D eigenvalue weighted by molar-refractivity contribution is -0.137. The Morgan fingerprint density at radius 3 is 2.61 bits per heavy atom. The van der Waals surface area contributed by atoms with Crippen molar-refractivity contribution in [1.29, 1.82) is 0 Å². The first kappa shape index (κ1) is 16.7. The first-order chi connectivity index (χ1) is 10.9. The molecule has 23 heavy (non-hydrogen) atoms. The van der Waals surface area contributed by atoms with Gasteiger partial charge in [0, 0.05) is 12.7 Å². The number of carbonyl (C=O) groups is 2. The van der Waals surface area contributed by atoms with Crippen molar-refractivity contribution in [2.75, 3.05) is 13.1 Å². The molecule has 0 unspecified atom stereocenters. The van der Waals surface area contributed by atoms with Crippen LogP contribution in [0.5, 0.6) is 0 Å². The molecule has 0 aliphatic rings. The number of para-hydroxylation sites is 1. The molecule has 1 amide bonds. The van der Waals surface area contributed by atoms with E-state index in [1.54, 1.807) is 10.9 Å². The lowest BCUT2D eigenvalue weighted by atomic mass is 10.2. The summed E-state index contributed by atoms with van der Waals surface area (Å²) < 4.78 is 1.64. The first-order valence-electron chi connectivity index (χ1n) is 7.50. The molecule has 0 aliphatic heterocycles. The minimum atomic E-state index is -1.02. The summed E-state index contributed by atoms with van der Waals surface area (Å²) in [4.78, 5) is 24.9. The molecule has 6 nitrogen and oxygen atoms in total. The van der Waals surface area contributed by atoms with Crippen LogP contribution in [0.2, 0.25) is 0 Å². The van der Waals surface area contributed by atoms with Crippen LogP contribution < -0.4 is 0 Å². The number of carboxylic acids is 1. The number of rotatable bonds is 6. The molecule has 122 valence electrons. The molecule has 1 aromatic carbocycles. The van der Waals surface area contributed by atoms with E-state index in [4.69, 9.17) is 5.11 Å². The predicted octanol–water partition coefficient (Wildman–Crippen LogP) is 2.36. The maximum Gasteiger partial charge on any atom is 0.323 e. The van der Waals surface area contributed by atoms with E-state index in [1.807, 2.05) is 45.0 Å². The van der Waals surface area contributed by atoms with Gasteiger partial charge >= 0.3 is 5.97 Å². The average molecular weight is 315 g/mol. The Hall–Kier alpha value is -2.63. The van der Waals surface area contributed by atoms with Gasteiger partial charge < -0.3 is 10.0 Å². The third-order valence-corrected chi connectivity index (χ3v) is 3.39. The molecule has 2 rings (SSSR count). The minimum absolute atomic E-state index is 0.185. The maximum absolute atomic E-state index is 12.6. The van der Waals surface area contributed by atoms with Crippen molar-refractivity contribution in [3.05, 3.63) is 47.8 Å². The third-order valence-electron chi connectivity index (χ3n) is 3.39.